The summed E-state index contributed by atoms with van der Waals surface area (Å²) in [6, 6.07) is 0.124. The number of aliphatic hydroxyl groups is 1. The van der Waals surface area contributed by atoms with Crippen molar-refractivity contribution < 1.29 is 15.0 Å². The fourth-order valence-corrected chi connectivity index (χ4v) is 3.78. The predicted octanol–water partition coefficient (Wildman–Crippen LogP) is 2.81. The van der Waals surface area contributed by atoms with Crippen molar-refractivity contribution in [2.75, 3.05) is 13.2 Å². The molecule has 1 amide bonds. The van der Waals surface area contributed by atoms with Crippen molar-refractivity contribution in [1.82, 2.24) is 4.90 Å². The van der Waals surface area contributed by atoms with Crippen molar-refractivity contribution in [1.29, 1.82) is 0 Å². The summed E-state index contributed by atoms with van der Waals surface area (Å²) in [5.74, 6) is 2.07. The molecule has 110 valence electrons. The Kier molecular flexibility index (Phi) is 4.09. The molecule has 19 heavy (non-hydrogen) atoms. The molecule has 2 rings (SSSR count). The van der Waals surface area contributed by atoms with Gasteiger partial charge in [-0.05, 0) is 48.9 Å². The lowest BCUT2D eigenvalue weighted by Gasteiger charge is -2.45. The molecule has 0 aromatic heterocycles. The molecule has 2 N–H and O–H groups in total. The number of amides is 1. The molecule has 1 saturated carbocycles. The minimum absolute atomic E-state index is 0.00156. The van der Waals surface area contributed by atoms with Crippen LogP contribution in [0.2, 0.25) is 0 Å². The summed E-state index contributed by atoms with van der Waals surface area (Å²) in [6.45, 7) is 7.36. The van der Waals surface area contributed by atoms with E-state index >= 15 is 0 Å². The monoisotopic (exact) mass is 269 g/mol. The number of piperidine rings is 1. The lowest BCUT2D eigenvalue weighted by molar-refractivity contribution is 0.0350. The molecule has 0 aromatic rings. The molecule has 1 aliphatic carbocycles. The zero-order valence-corrected chi connectivity index (χ0v) is 12.3. The number of aliphatic hydroxyl groups excluding tert-OH is 1. The average Bonchev–Trinajstić information content (AvgIpc) is 3.07. The number of likely N-dealkylation sites (tertiary alicyclic amines) is 1. The second-order valence-electron chi connectivity index (χ2n) is 7.31. The van der Waals surface area contributed by atoms with E-state index in [0.29, 0.717) is 18.4 Å². The summed E-state index contributed by atoms with van der Waals surface area (Å²) in [7, 11) is 0. The van der Waals surface area contributed by atoms with E-state index in [0.717, 1.165) is 25.2 Å². The standard InChI is InChI=1S/C15H27NO3/c1-15(2,3)13-9-10(4-6-16(13)14(18)19)12-8-11(12)5-7-17/h10-13,17H,4-9H2,1-3H3,(H,18,19). The van der Waals surface area contributed by atoms with Gasteiger partial charge in [0.15, 0.2) is 0 Å². The van der Waals surface area contributed by atoms with Gasteiger partial charge in [-0.25, -0.2) is 4.79 Å². The molecular formula is C15H27NO3. The van der Waals surface area contributed by atoms with Crippen LogP contribution in [-0.2, 0) is 0 Å². The molecule has 4 nitrogen and oxygen atoms in total. The average molecular weight is 269 g/mol. The van der Waals surface area contributed by atoms with E-state index in [-0.39, 0.29) is 18.1 Å². The highest BCUT2D eigenvalue weighted by molar-refractivity contribution is 5.65. The van der Waals surface area contributed by atoms with Crippen LogP contribution in [0.15, 0.2) is 0 Å². The van der Waals surface area contributed by atoms with Crippen LogP contribution in [-0.4, -0.2) is 40.4 Å². The van der Waals surface area contributed by atoms with Crippen molar-refractivity contribution in [3.63, 3.8) is 0 Å². The lowest BCUT2D eigenvalue weighted by atomic mass is 9.75. The Morgan fingerprint density at radius 1 is 1.32 bits per heavy atom. The molecule has 4 atom stereocenters. The summed E-state index contributed by atoms with van der Waals surface area (Å²) in [5.41, 5.74) is -0.00156. The van der Waals surface area contributed by atoms with Crippen LogP contribution < -0.4 is 0 Å². The van der Waals surface area contributed by atoms with Gasteiger partial charge in [0.25, 0.3) is 0 Å². The third kappa shape index (κ3) is 3.22. The highest BCUT2D eigenvalue weighted by atomic mass is 16.4. The minimum atomic E-state index is -0.777. The molecule has 4 heteroatoms. The largest absolute Gasteiger partial charge is 0.465 e. The van der Waals surface area contributed by atoms with Gasteiger partial charge in [-0.1, -0.05) is 20.8 Å². The summed E-state index contributed by atoms with van der Waals surface area (Å²) in [5, 5.41) is 18.3. The Labute approximate surface area is 115 Å². The molecule has 1 saturated heterocycles. The molecule has 4 unspecified atom stereocenters. The molecular weight excluding hydrogens is 242 g/mol. The number of hydrogen-bond acceptors (Lipinski definition) is 2. The van der Waals surface area contributed by atoms with Crippen molar-refractivity contribution in [2.45, 2.75) is 52.5 Å². The second kappa shape index (κ2) is 5.31. The normalized spacial score (nSPS) is 35.3. The zero-order valence-electron chi connectivity index (χ0n) is 12.3. The molecule has 0 radical (unpaired) electrons. The Hall–Kier alpha value is -0.770. The van der Waals surface area contributed by atoms with Crippen LogP contribution >= 0.6 is 0 Å². The molecule has 1 aliphatic heterocycles. The van der Waals surface area contributed by atoms with Gasteiger partial charge in [0, 0.05) is 19.2 Å². The third-order valence-corrected chi connectivity index (χ3v) is 4.97. The van der Waals surface area contributed by atoms with E-state index in [4.69, 9.17) is 5.11 Å². The van der Waals surface area contributed by atoms with E-state index in [9.17, 15) is 9.90 Å². The van der Waals surface area contributed by atoms with Crippen molar-refractivity contribution in [2.24, 2.45) is 23.2 Å². The summed E-state index contributed by atoms with van der Waals surface area (Å²) >= 11 is 0. The van der Waals surface area contributed by atoms with Crippen LogP contribution in [0.3, 0.4) is 0 Å². The SMILES string of the molecule is CC(C)(C)C1CC(C2CC2CCO)CCN1C(=O)O. The smallest absolute Gasteiger partial charge is 0.407 e. The van der Waals surface area contributed by atoms with Crippen molar-refractivity contribution in [3.05, 3.63) is 0 Å². The van der Waals surface area contributed by atoms with Gasteiger partial charge in [-0.3, -0.25) is 0 Å². The predicted molar refractivity (Wildman–Crippen MR) is 74.0 cm³/mol. The number of carboxylic acid groups (broad SMARTS) is 1. The lowest BCUT2D eigenvalue weighted by Crippen LogP contribution is -2.51. The second-order valence-corrected chi connectivity index (χ2v) is 7.31. The molecule has 2 aliphatic rings. The third-order valence-electron chi connectivity index (χ3n) is 4.97. The van der Waals surface area contributed by atoms with Crippen molar-refractivity contribution in [3.8, 4) is 0 Å². The minimum Gasteiger partial charge on any atom is -0.465 e. The highest BCUT2D eigenvalue weighted by Crippen LogP contribution is 2.51. The van der Waals surface area contributed by atoms with Gasteiger partial charge in [-0.2, -0.15) is 0 Å². The summed E-state index contributed by atoms with van der Waals surface area (Å²) < 4.78 is 0. The highest BCUT2D eigenvalue weighted by Gasteiger charge is 2.47. The molecule has 0 spiro atoms. The first-order valence-electron chi connectivity index (χ1n) is 7.45. The number of carbonyl (C=O) groups is 1. The number of rotatable bonds is 3. The first-order valence-corrected chi connectivity index (χ1v) is 7.45. The maximum absolute atomic E-state index is 11.4. The zero-order chi connectivity index (χ0) is 14.2. The first kappa shape index (κ1) is 14.6. The summed E-state index contributed by atoms with van der Waals surface area (Å²) in [6.07, 6.45) is 3.36. The fraction of sp³-hybridized carbons (Fsp3) is 0.933. The Morgan fingerprint density at radius 2 is 2.00 bits per heavy atom. The number of hydrogen-bond donors (Lipinski definition) is 2. The molecule has 1 heterocycles. The Bertz CT molecular complexity index is 337. The van der Waals surface area contributed by atoms with Crippen molar-refractivity contribution >= 4 is 6.09 Å². The van der Waals surface area contributed by atoms with Crippen LogP contribution in [0.25, 0.3) is 0 Å². The summed E-state index contributed by atoms with van der Waals surface area (Å²) in [4.78, 5) is 13.0. The van der Waals surface area contributed by atoms with Crippen LogP contribution in [0.4, 0.5) is 4.79 Å². The Morgan fingerprint density at radius 3 is 2.53 bits per heavy atom. The topological polar surface area (TPSA) is 60.8 Å². The molecule has 0 aromatic carbocycles. The van der Waals surface area contributed by atoms with Gasteiger partial charge >= 0.3 is 6.09 Å². The van der Waals surface area contributed by atoms with E-state index in [1.165, 1.54) is 6.42 Å². The first-order chi connectivity index (χ1) is 8.84. The van der Waals surface area contributed by atoms with Gasteiger partial charge in [0.05, 0.1) is 0 Å². The van der Waals surface area contributed by atoms with Crippen LogP contribution in [0.1, 0.15) is 46.5 Å². The maximum atomic E-state index is 11.4. The van der Waals surface area contributed by atoms with E-state index in [1.54, 1.807) is 4.90 Å². The maximum Gasteiger partial charge on any atom is 0.407 e. The van der Waals surface area contributed by atoms with Gasteiger partial charge < -0.3 is 15.1 Å². The number of nitrogens with zero attached hydrogens (tertiary/aromatic N) is 1. The van der Waals surface area contributed by atoms with E-state index < -0.39 is 6.09 Å². The van der Waals surface area contributed by atoms with Gasteiger partial charge in [0.2, 0.25) is 0 Å². The van der Waals surface area contributed by atoms with E-state index in [2.05, 4.69) is 20.8 Å². The fourth-order valence-electron chi connectivity index (χ4n) is 3.78. The van der Waals surface area contributed by atoms with Gasteiger partial charge in [-0.15, -0.1) is 0 Å². The van der Waals surface area contributed by atoms with Crippen LogP contribution in [0.5, 0.6) is 0 Å². The van der Waals surface area contributed by atoms with Gasteiger partial charge in [0.1, 0.15) is 0 Å². The quantitative estimate of drug-likeness (QED) is 0.828. The van der Waals surface area contributed by atoms with Crippen LogP contribution in [0, 0.1) is 23.2 Å². The van der Waals surface area contributed by atoms with E-state index in [1.807, 2.05) is 0 Å². The molecule has 2 fully saturated rings. The molecule has 0 bridgehead atoms. The Balaban J connectivity index is 2.00.